The molecule has 1 aromatic rings. The molecule has 0 fully saturated rings. The lowest BCUT2D eigenvalue weighted by Crippen LogP contribution is -2.42. The van der Waals surface area contributed by atoms with Gasteiger partial charge in [-0.3, -0.25) is 14.4 Å². The molecule has 2 amide bonds. The number of nitrogens with one attached hydrogen (secondary N) is 2. The molecule has 0 aliphatic rings. The molecule has 0 bridgehead atoms. The number of sulfonamides is 1. The van der Waals surface area contributed by atoms with Crippen molar-refractivity contribution in [1.82, 2.24) is 14.9 Å². The molecule has 0 saturated heterocycles. The van der Waals surface area contributed by atoms with E-state index >= 15 is 0 Å². The number of carbonyl (C=O) groups is 3. The first-order valence-electron chi connectivity index (χ1n) is 8.15. The molecular formula is C16H22FN3O6S. The molecule has 0 saturated carbocycles. The van der Waals surface area contributed by atoms with Crippen LogP contribution in [0.5, 0.6) is 0 Å². The monoisotopic (exact) mass is 403 g/mol. The van der Waals surface area contributed by atoms with Crippen LogP contribution in [0.2, 0.25) is 0 Å². The van der Waals surface area contributed by atoms with Crippen LogP contribution in [-0.2, 0) is 29.1 Å². The highest BCUT2D eigenvalue weighted by molar-refractivity contribution is 7.89. The largest absolute Gasteiger partial charge is 0.455 e. The first-order chi connectivity index (χ1) is 12.7. The number of halogens is 1. The third-order valence-electron chi connectivity index (χ3n) is 3.33. The van der Waals surface area contributed by atoms with Crippen LogP contribution in [-0.4, -0.2) is 63.9 Å². The normalized spacial score (nSPS) is 10.9. The van der Waals surface area contributed by atoms with Crippen molar-refractivity contribution in [3.05, 3.63) is 30.1 Å². The summed E-state index contributed by atoms with van der Waals surface area (Å²) >= 11 is 0. The van der Waals surface area contributed by atoms with Gasteiger partial charge in [-0.1, -0.05) is 0 Å². The smallest absolute Gasteiger partial charge is 0.321 e. The van der Waals surface area contributed by atoms with E-state index in [0.717, 1.165) is 24.3 Å². The predicted octanol–water partition coefficient (Wildman–Crippen LogP) is -0.368. The number of carbonyl (C=O) groups excluding carboxylic acids is 3. The number of esters is 1. The second-order valence-electron chi connectivity index (χ2n) is 5.30. The number of hydrogen-bond acceptors (Lipinski definition) is 6. The number of likely N-dealkylation sites (N-methyl/N-ethyl adjacent to an activating group) is 2. The summed E-state index contributed by atoms with van der Waals surface area (Å²) in [4.78, 5) is 36.1. The van der Waals surface area contributed by atoms with Gasteiger partial charge in [0, 0.05) is 13.1 Å². The maximum absolute atomic E-state index is 12.8. The Morgan fingerprint density at radius 1 is 1.15 bits per heavy atom. The fraction of sp³-hybridized carbons (Fsp3) is 0.438. The Morgan fingerprint density at radius 2 is 1.78 bits per heavy atom. The fourth-order valence-electron chi connectivity index (χ4n) is 1.94. The van der Waals surface area contributed by atoms with Crippen molar-refractivity contribution < 1.29 is 31.9 Å². The average Bonchev–Trinajstić information content (AvgIpc) is 2.63. The molecular weight excluding hydrogens is 381 g/mol. The van der Waals surface area contributed by atoms with Crippen molar-refractivity contribution in [2.45, 2.75) is 18.7 Å². The topological polar surface area (TPSA) is 122 Å². The molecule has 0 radical (unpaired) electrons. The third-order valence-corrected chi connectivity index (χ3v) is 4.75. The summed E-state index contributed by atoms with van der Waals surface area (Å²) in [6, 6.07) is 4.04. The highest BCUT2D eigenvalue weighted by Crippen LogP contribution is 2.09. The van der Waals surface area contributed by atoms with Gasteiger partial charge in [0.25, 0.3) is 5.91 Å². The Bertz CT molecular complexity index is 767. The van der Waals surface area contributed by atoms with Gasteiger partial charge in [0.15, 0.2) is 6.61 Å². The number of benzene rings is 1. The number of amides is 2. The Labute approximate surface area is 156 Å². The zero-order valence-electron chi connectivity index (χ0n) is 15.0. The van der Waals surface area contributed by atoms with Gasteiger partial charge in [0.1, 0.15) is 12.4 Å². The van der Waals surface area contributed by atoms with Gasteiger partial charge in [-0.05, 0) is 38.1 Å². The quantitative estimate of drug-likeness (QED) is 0.514. The number of hydrogen-bond donors (Lipinski definition) is 2. The minimum absolute atomic E-state index is 0.169. The van der Waals surface area contributed by atoms with E-state index in [1.54, 1.807) is 13.8 Å². The standard InChI is InChI=1S/C16H22FN3O6S/c1-3-18-14(21)10-20(4-2)15(22)11-26-16(23)9-19-27(24,25)13-7-5-12(17)6-8-13/h5-8,19H,3-4,9-11H2,1-2H3,(H,18,21). The first-order valence-corrected chi connectivity index (χ1v) is 9.63. The highest BCUT2D eigenvalue weighted by Gasteiger charge is 2.19. The molecule has 2 N–H and O–H groups in total. The van der Waals surface area contributed by atoms with Gasteiger partial charge in [0.05, 0.1) is 11.4 Å². The lowest BCUT2D eigenvalue weighted by molar-refractivity contribution is -0.151. The molecule has 0 aliphatic heterocycles. The van der Waals surface area contributed by atoms with Crippen molar-refractivity contribution >= 4 is 27.8 Å². The van der Waals surface area contributed by atoms with Gasteiger partial charge in [0.2, 0.25) is 15.9 Å². The van der Waals surface area contributed by atoms with E-state index in [-0.39, 0.29) is 23.9 Å². The Balaban J connectivity index is 2.48. The van der Waals surface area contributed by atoms with Crippen LogP contribution in [0.3, 0.4) is 0 Å². The number of ether oxygens (including phenoxy) is 1. The molecule has 0 aliphatic carbocycles. The lowest BCUT2D eigenvalue weighted by atomic mass is 10.4. The van der Waals surface area contributed by atoms with E-state index < -0.39 is 40.9 Å². The first kappa shape index (κ1) is 22.5. The van der Waals surface area contributed by atoms with Crippen molar-refractivity contribution in [2.75, 3.05) is 32.8 Å². The van der Waals surface area contributed by atoms with Crippen LogP contribution in [0.25, 0.3) is 0 Å². The molecule has 150 valence electrons. The van der Waals surface area contributed by atoms with Crippen molar-refractivity contribution in [2.24, 2.45) is 0 Å². The van der Waals surface area contributed by atoms with Crippen molar-refractivity contribution in [3.8, 4) is 0 Å². The Morgan fingerprint density at radius 3 is 2.33 bits per heavy atom. The van der Waals surface area contributed by atoms with Crippen molar-refractivity contribution in [1.29, 1.82) is 0 Å². The van der Waals surface area contributed by atoms with E-state index in [1.165, 1.54) is 4.90 Å². The zero-order valence-corrected chi connectivity index (χ0v) is 15.8. The Hall–Kier alpha value is -2.53. The molecule has 1 aromatic carbocycles. The van der Waals surface area contributed by atoms with Crippen LogP contribution in [0.4, 0.5) is 4.39 Å². The molecule has 9 nitrogen and oxygen atoms in total. The minimum atomic E-state index is -4.02. The molecule has 0 spiro atoms. The van der Waals surface area contributed by atoms with Crippen LogP contribution in [0.15, 0.2) is 29.2 Å². The fourth-order valence-corrected chi connectivity index (χ4v) is 2.91. The predicted molar refractivity (Wildman–Crippen MR) is 93.5 cm³/mol. The maximum Gasteiger partial charge on any atom is 0.321 e. The highest BCUT2D eigenvalue weighted by atomic mass is 32.2. The van der Waals surface area contributed by atoms with E-state index in [1.807, 2.05) is 4.72 Å². The number of rotatable bonds is 10. The van der Waals surface area contributed by atoms with Crippen LogP contribution < -0.4 is 10.0 Å². The minimum Gasteiger partial charge on any atom is -0.455 e. The average molecular weight is 403 g/mol. The third kappa shape index (κ3) is 7.71. The summed E-state index contributed by atoms with van der Waals surface area (Å²) in [5.74, 6) is -2.49. The second kappa shape index (κ2) is 10.6. The molecule has 0 heterocycles. The zero-order chi connectivity index (χ0) is 20.4. The van der Waals surface area contributed by atoms with Crippen molar-refractivity contribution in [3.63, 3.8) is 0 Å². The lowest BCUT2D eigenvalue weighted by Gasteiger charge is -2.20. The van der Waals surface area contributed by atoms with E-state index in [0.29, 0.717) is 6.54 Å². The van der Waals surface area contributed by atoms with E-state index in [2.05, 4.69) is 5.32 Å². The Kier molecular flexibility index (Phi) is 8.82. The summed E-state index contributed by atoms with van der Waals surface area (Å²) in [7, 11) is -4.02. The van der Waals surface area contributed by atoms with Crippen LogP contribution in [0, 0.1) is 5.82 Å². The second-order valence-corrected chi connectivity index (χ2v) is 7.07. The van der Waals surface area contributed by atoms with Gasteiger partial charge >= 0.3 is 5.97 Å². The van der Waals surface area contributed by atoms with E-state index in [4.69, 9.17) is 4.74 Å². The SMILES string of the molecule is CCNC(=O)CN(CC)C(=O)COC(=O)CNS(=O)(=O)c1ccc(F)cc1. The molecule has 0 aromatic heterocycles. The van der Waals surface area contributed by atoms with Crippen LogP contribution >= 0.6 is 0 Å². The van der Waals surface area contributed by atoms with Gasteiger partial charge in [-0.2, -0.15) is 4.72 Å². The van der Waals surface area contributed by atoms with Gasteiger partial charge in [-0.15, -0.1) is 0 Å². The molecule has 0 atom stereocenters. The summed E-state index contributed by atoms with van der Waals surface area (Å²) in [6.45, 7) is 2.58. The van der Waals surface area contributed by atoms with Crippen LogP contribution in [0.1, 0.15) is 13.8 Å². The molecule has 0 unspecified atom stereocenters. The summed E-state index contributed by atoms with van der Waals surface area (Å²) < 4.78 is 43.5. The maximum atomic E-state index is 12.8. The van der Waals surface area contributed by atoms with Gasteiger partial charge < -0.3 is 15.0 Å². The summed E-state index contributed by atoms with van der Waals surface area (Å²) in [6.07, 6.45) is 0. The van der Waals surface area contributed by atoms with Gasteiger partial charge in [-0.25, -0.2) is 12.8 Å². The summed E-state index contributed by atoms with van der Waals surface area (Å²) in [5.41, 5.74) is 0. The molecule has 27 heavy (non-hydrogen) atoms. The van der Waals surface area contributed by atoms with E-state index in [9.17, 15) is 27.2 Å². The molecule has 1 rings (SSSR count). The number of nitrogens with zero attached hydrogens (tertiary/aromatic N) is 1. The molecule has 11 heteroatoms. The summed E-state index contributed by atoms with van der Waals surface area (Å²) in [5, 5.41) is 2.55.